The Morgan fingerprint density at radius 1 is 1.43 bits per heavy atom. The normalized spacial score (nSPS) is 12.4. The van der Waals surface area contributed by atoms with E-state index in [1.54, 1.807) is 0 Å². The summed E-state index contributed by atoms with van der Waals surface area (Å²) < 4.78 is 5.61. The quantitative estimate of drug-likeness (QED) is 0.638. The van der Waals surface area contributed by atoms with Crippen LogP contribution in [-0.2, 0) is 4.74 Å². The van der Waals surface area contributed by atoms with Gasteiger partial charge in [0.1, 0.15) is 6.10 Å². The zero-order valence-corrected chi connectivity index (χ0v) is 8.86. The Morgan fingerprint density at radius 3 is 2.57 bits per heavy atom. The third kappa shape index (κ3) is 3.00. The lowest BCUT2D eigenvalue weighted by molar-refractivity contribution is 0.131. The molecule has 0 amide bonds. The van der Waals surface area contributed by atoms with Gasteiger partial charge in [0.25, 0.3) is 0 Å². The molecule has 1 atom stereocenters. The monoisotopic (exact) mass is 189 g/mol. The molecule has 0 aliphatic carbocycles. The zero-order valence-electron chi connectivity index (χ0n) is 8.86. The Labute approximate surface area is 86.4 Å². The molecular weight excluding hydrogens is 172 g/mol. The van der Waals surface area contributed by atoms with Crippen LogP contribution in [0.2, 0.25) is 0 Å². The van der Waals surface area contributed by atoms with Gasteiger partial charge in [-0.05, 0) is 24.5 Å². The summed E-state index contributed by atoms with van der Waals surface area (Å²) in [6.45, 7) is 9.81. The molecular formula is C13H17O. The molecule has 1 aromatic carbocycles. The fourth-order valence-electron chi connectivity index (χ4n) is 1.30. The highest BCUT2D eigenvalue weighted by Crippen LogP contribution is 2.25. The smallest absolute Gasteiger partial charge is 0.104 e. The topological polar surface area (TPSA) is 9.23 Å². The van der Waals surface area contributed by atoms with Crippen LogP contribution in [0, 0.1) is 6.61 Å². The van der Waals surface area contributed by atoms with Gasteiger partial charge in [0.05, 0.1) is 6.61 Å². The van der Waals surface area contributed by atoms with Crippen molar-refractivity contribution in [2.45, 2.75) is 26.4 Å². The fourth-order valence-corrected chi connectivity index (χ4v) is 1.30. The summed E-state index contributed by atoms with van der Waals surface area (Å²) in [6.07, 6.45) is 0.910. The summed E-state index contributed by atoms with van der Waals surface area (Å²) in [5.41, 5.74) is 2.19. The standard InChI is InChI=1S/C13H17O/c1-4-10-14-13(11(2)3)12-8-6-5-7-9-12/h5-10,13H,2,4H2,1,3H3. The predicted octanol–water partition coefficient (Wildman–Crippen LogP) is 3.89. The fraction of sp³-hybridized carbons (Fsp3) is 0.308. The van der Waals surface area contributed by atoms with Crippen molar-refractivity contribution in [2.24, 2.45) is 0 Å². The molecule has 1 rings (SSSR count). The minimum absolute atomic E-state index is 0.00356. The molecule has 0 bridgehead atoms. The first-order chi connectivity index (χ1) is 6.75. The van der Waals surface area contributed by atoms with E-state index in [4.69, 9.17) is 4.74 Å². The van der Waals surface area contributed by atoms with Gasteiger partial charge in [0.15, 0.2) is 0 Å². The SMILES string of the molecule is C=C(C)C(O[CH]CC)c1ccccc1. The molecule has 1 aromatic rings. The van der Waals surface area contributed by atoms with E-state index in [9.17, 15) is 0 Å². The van der Waals surface area contributed by atoms with Gasteiger partial charge in [-0.25, -0.2) is 0 Å². The largest absolute Gasteiger partial charge is 0.363 e. The highest BCUT2D eigenvalue weighted by Gasteiger charge is 2.11. The molecule has 0 heterocycles. The van der Waals surface area contributed by atoms with Crippen molar-refractivity contribution in [3.05, 3.63) is 54.7 Å². The van der Waals surface area contributed by atoms with E-state index in [-0.39, 0.29) is 6.10 Å². The highest BCUT2D eigenvalue weighted by atomic mass is 16.5. The van der Waals surface area contributed by atoms with Crippen molar-refractivity contribution in [1.82, 2.24) is 0 Å². The maximum atomic E-state index is 5.61. The second-order valence-electron chi connectivity index (χ2n) is 3.35. The molecule has 0 N–H and O–H groups in total. The number of rotatable bonds is 5. The van der Waals surface area contributed by atoms with Crippen LogP contribution in [0.25, 0.3) is 0 Å². The number of hydrogen-bond donors (Lipinski definition) is 0. The Morgan fingerprint density at radius 2 is 2.07 bits per heavy atom. The molecule has 1 heteroatoms. The summed E-state index contributed by atoms with van der Waals surface area (Å²) in [7, 11) is 0. The van der Waals surface area contributed by atoms with Crippen LogP contribution >= 0.6 is 0 Å². The van der Waals surface area contributed by atoms with Gasteiger partial charge < -0.3 is 4.74 Å². The molecule has 0 aliphatic rings. The van der Waals surface area contributed by atoms with Gasteiger partial charge in [-0.1, -0.05) is 43.8 Å². The van der Waals surface area contributed by atoms with E-state index in [1.165, 1.54) is 0 Å². The average Bonchev–Trinajstić information content (AvgIpc) is 2.19. The lowest BCUT2D eigenvalue weighted by atomic mass is 10.0. The van der Waals surface area contributed by atoms with E-state index in [0.717, 1.165) is 17.6 Å². The molecule has 0 aromatic heterocycles. The first kappa shape index (κ1) is 11.0. The van der Waals surface area contributed by atoms with Crippen LogP contribution in [0.15, 0.2) is 42.5 Å². The van der Waals surface area contributed by atoms with E-state index in [2.05, 4.69) is 25.6 Å². The molecule has 14 heavy (non-hydrogen) atoms. The average molecular weight is 189 g/mol. The molecule has 0 fully saturated rings. The summed E-state index contributed by atoms with van der Waals surface area (Å²) in [4.78, 5) is 0. The predicted molar refractivity (Wildman–Crippen MR) is 59.7 cm³/mol. The number of hydrogen-bond acceptors (Lipinski definition) is 1. The summed E-state index contributed by atoms with van der Waals surface area (Å²) in [5.74, 6) is 0. The van der Waals surface area contributed by atoms with Crippen LogP contribution in [0.3, 0.4) is 0 Å². The van der Waals surface area contributed by atoms with Gasteiger partial charge in [0, 0.05) is 0 Å². The molecule has 1 nitrogen and oxygen atoms in total. The van der Waals surface area contributed by atoms with Crippen LogP contribution in [-0.4, -0.2) is 0 Å². The van der Waals surface area contributed by atoms with Gasteiger partial charge in [0.2, 0.25) is 0 Å². The van der Waals surface area contributed by atoms with E-state index in [0.29, 0.717) is 0 Å². The maximum Gasteiger partial charge on any atom is 0.104 e. The first-order valence-corrected chi connectivity index (χ1v) is 4.93. The van der Waals surface area contributed by atoms with Crippen molar-refractivity contribution in [1.29, 1.82) is 0 Å². The Hall–Kier alpha value is -1.08. The first-order valence-electron chi connectivity index (χ1n) is 4.93. The van der Waals surface area contributed by atoms with E-state index >= 15 is 0 Å². The van der Waals surface area contributed by atoms with Crippen molar-refractivity contribution in [3.63, 3.8) is 0 Å². The van der Waals surface area contributed by atoms with Crippen molar-refractivity contribution in [3.8, 4) is 0 Å². The summed E-state index contributed by atoms with van der Waals surface area (Å²) in [6, 6.07) is 10.1. The lowest BCUT2D eigenvalue weighted by Crippen LogP contribution is -2.03. The van der Waals surface area contributed by atoms with Crippen LogP contribution in [0.4, 0.5) is 0 Å². The molecule has 0 spiro atoms. The third-order valence-electron chi connectivity index (χ3n) is 1.95. The Kier molecular flexibility index (Phi) is 4.41. The molecule has 75 valence electrons. The lowest BCUT2D eigenvalue weighted by Gasteiger charge is -2.17. The van der Waals surface area contributed by atoms with Gasteiger partial charge >= 0.3 is 0 Å². The van der Waals surface area contributed by atoms with Gasteiger partial charge in [-0.2, -0.15) is 0 Å². The second-order valence-corrected chi connectivity index (χ2v) is 3.35. The van der Waals surface area contributed by atoms with Gasteiger partial charge in [-0.15, -0.1) is 0 Å². The molecule has 1 radical (unpaired) electrons. The Balaban J connectivity index is 2.73. The van der Waals surface area contributed by atoms with Crippen LogP contribution < -0.4 is 0 Å². The van der Waals surface area contributed by atoms with E-state index in [1.807, 2.05) is 31.7 Å². The Bertz CT molecular complexity index is 277. The minimum atomic E-state index is -0.00356. The third-order valence-corrected chi connectivity index (χ3v) is 1.95. The number of ether oxygens (including phenoxy) is 1. The van der Waals surface area contributed by atoms with Crippen LogP contribution in [0.5, 0.6) is 0 Å². The van der Waals surface area contributed by atoms with Gasteiger partial charge in [-0.3, -0.25) is 0 Å². The van der Waals surface area contributed by atoms with Crippen molar-refractivity contribution >= 4 is 0 Å². The van der Waals surface area contributed by atoms with E-state index < -0.39 is 0 Å². The molecule has 1 unspecified atom stereocenters. The molecule has 0 saturated heterocycles. The minimum Gasteiger partial charge on any atom is -0.363 e. The summed E-state index contributed by atoms with van der Waals surface area (Å²) >= 11 is 0. The second kappa shape index (κ2) is 5.61. The molecule has 0 saturated carbocycles. The molecule has 0 aliphatic heterocycles. The van der Waals surface area contributed by atoms with Crippen molar-refractivity contribution < 1.29 is 4.74 Å². The maximum absolute atomic E-state index is 5.61. The summed E-state index contributed by atoms with van der Waals surface area (Å²) in [5, 5.41) is 0. The van der Waals surface area contributed by atoms with Crippen molar-refractivity contribution in [2.75, 3.05) is 0 Å². The highest BCUT2D eigenvalue weighted by molar-refractivity contribution is 5.24. The van der Waals surface area contributed by atoms with Crippen LogP contribution in [0.1, 0.15) is 31.9 Å². The zero-order chi connectivity index (χ0) is 10.4. The number of benzene rings is 1.